The van der Waals surface area contributed by atoms with Gasteiger partial charge in [0.1, 0.15) is 0 Å². The van der Waals surface area contributed by atoms with Gasteiger partial charge in [-0.25, -0.2) is 13.1 Å². The molecular formula is C13H29NO5S2. The van der Waals surface area contributed by atoms with E-state index in [1.807, 2.05) is 0 Å². The molecule has 0 aliphatic rings. The zero-order valence-electron chi connectivity index (χ0n) is 12.9. The highest BCUT2D eigenvalue weighted by Gasteiger charge is 2.14. The molecule has 0 atom stereocenters. The number of nitrogens with one attached hydrogen (secondary N) is 1. The fourth-order valence-electron chi connectivity index (χ4n) is 1.95. The van der Waals surface area contributed by atoms with Crippen molar-refractivity contribution in [1.82, 2.24) is 4.72 Å². The quantitative estimate of drug-likeness (QED) is 0.372. The molecule has 0 saturated heterocycles. The summed E-state index contributed by atoms with van der Waals surface area (Å²) in [4.78, 5) is 0. The zero-order valence-corrected chi connectivity index (χ0v) is 14.5. The van der Waals surface area contributed by atoms with Gasteiger partial charge in [0.25, 0.3) is 10.1 Å². The molecule has 0 heterocycles. The van der Waals surface area contributed by atoms with E-state index in [1.54, 1.807) is 0 Å². The Bertz CT molecular complexity index is 445. The number of hydrogen-bond donors (Lipinski definition) is 2. The number of hydrogen-bond acceptors (Lipinski definition) is 4. The van der Waals surface area contributed by atoms with Crippen molar-refractivity contribution in [2.45, 2.75) is 64.7 Å². The summed E-state index contributed by atoms with van der Waals surface area (Å²) in [7, 11) is -7.84. The van der Waals surface area contributed by atoms with E-state index in [0.29, 0.717) is 6.54 Å². The average Bonchev–Trinajstić information content (AvgIpc) is 2.38. The molecule has 21 heavy (non-hydrogen) atoms. The van der Waals surface area contributed by atoms with Gasteiger partial charge in [0.2, 0.25) is 10.0 Å². The maximum absolute atomic E-state index is 11.4. The van der Waals surface area contributed by atoms with Crippen molar-refractivity contribution < 1.29 is 21.4 Å². The summed E-state index contributed by atoms with van der Waals surface area (Å²) in [6, 6.07) is 0. The number of unbranched alkanes of at least 4 members (excludes halogenated alkanes) is 8. The van der Waals surface area contributed by atoms with E-state index in [-0.39, 0.29) is 0 Å². The molecule has 6 nitrogen and oxygen atoms in total. The standard InChI is InChI=1S/C13H29NO5S2/c1-2-3-4-5-6-7-8-9-10-11-14-20(15,16)12-13-21(17,18)19/h14H,2-13H2,1H3,(H,17,18,19). The van der Waals surface area contributed by atoms with Crippen molar-refractivity contribution in [3.05, 3.63) is 0 Å². The third-order valence-electron chi connectivity index (χ3n) is 3.21. The lowest BCUT2D eigenvalue weighted by Gasteiger charge is -2.06. The molecule has 0 radical (unpaired) electrons. The molecule has 0 aliphatic carbocycles. The first-order valence-electron chi connectivity index (χ1n) is 7.69. The van der Waals surface area contributed by atoms with E-state index in [1.165, 1.54) is 38.5 Å². The second-order valence-electron chi connectivity index (χ2n) is 5.33. The summed E-state index contributed by atoms with van der Waals surface area (Å²) in [6.07, 6.45) is 10.3. The molecule has 0 spiro atoms. The van der Waals surface area contributed by atoms with Crippen LogP contribution in [0, 0.1) is 0 Å². The van der Waals surface area contributed by atoms with Crippen molar-refractivity contribution >= 4 is 20.1 Å². The van der Waals surface area contributed by atoms with Gasteiger partial charge in [-0.1, -0.05) is 58.3 Å². The van der Waals surface area contributed by atoms with Crippen LogP contribution in [0.2, 0.25) is 0 Å². The summed E-state index contributed by atoms with van der Waals surface area (Å²) < 4.78 is 54.7. The highest BCUT2D eigenvalue weighted by Crippen LogP contribution is 2.09. The van der Waals surface area contributed by atoms with Crippen LogP contribution < -0.4 is 4.72 Å². The first-order chi connectivity index (χ1) is 9.77. The first-order valence-corrected chi connectivity index (χ1v) is 11.0. The van der Waals surface area contributed by atoms with E-state index in [4.69, 9.17) is 4.55 Å². The fourth-order valence-corrected chi connectivity index (χ4v) is 4.27. The van der Waals surface area contributed by atoms with E-state index in [9.17, 15) is 16.8 Å². The Balaban J connectivity index is 3.49. The van der Waals surface area contributed by atoms with Crippen LogP contribution in [0.25, 0.3) is 0 Å². The number of sulfonamides is 1. The normalized spacial score (nSPS) is 12.7. The predicted octanol–water partition coefficient (Wildman–Crippen LogP) is 2.32. The van der Waals surface area contributed by atoms with Crippen LogP contribution in [-0.2, 0) is 20.1 Å². The lowest BCUT2D eigenvalue weighted by atomic mass is 10.1. The average molecular weight is 344 g/mol. The van der Waals surface area contributed by atoms with Crippen LogP contribution in [0.4, 0.5) is 0 Å². The van der Waals surface area contributed by atoms with Crippen molar-refractivity contribution in [2.75, 3.05) is 18.1 Å². The first kappa shape index (κ1) is 20.8. The summed E-state index contributed by atoms with van der Waals surface area (Å²) in [5.74, 6) is -1.36. The summed E-state index contributed by atoms with van der Waals surface area (Å²) in [6.45, 7) is 2.51. The molecule has 2 N–H and O–H groups in total. The van der Waals surface area contributed by atoms with Crippen LogP contribution >= 0.6 is 0 Å². The molecular weight excluding hydrogens is 314 g/mol. The van der Waals surface area contributed by atoms with E-state index in [2.05, 4.69) is 11.6 Å². The topological polar surface area (TPSA) is 101 Å². The van der Waals surface area contributed by atoms with Crippen LogP contribution in [0.1, 0.15) is 64.7 Å². The second kappa shape index (κ2) is 11.4. The maximum atomic E-state index is 11.4. The highest BCUT2D eigenvalue weighted by molar-refractivity contribution is 7.91. The van der Waals surface area contributed by atoms with Gasteiger partial charge < -0.3 is 0 Å². The van der Waals surface area contributed by atoms with E-state index >= 15 is 0 Å². The van der Waals surface area contributed by atoms with Crippen molar-refractivity contribution in [1.29, 1.82) is 0 Å². The van der Waals surface area contributed by atoms with Crippen LogP contribution in [0.5, 0.6) is 0 Å². The minimum absolute atomic E-state index is 0.323. The van der Waals surface area contributed by atoms with Gasteiger partial charge in [-0.3, -0.25) is 4.55 Å². The molecule has 0 amide bonds. The minimum Gasteiger partial charge on any atom is -0.286 e. The minimum atomic E-state index is -4.23. The predicted molar refractivity (Wildman–Crippen MR) is 85.4 cm³/mol. The maximum Gasteiger partial charge on any atom is 0.265 e. The molecule has 128 valence electrons. The molecule has 0 aromatic carbocycles. The Morgan fingerprint density at radius 3 is 1.71 bits per heavy atom. The highest BCUT2D eigenvalue weighted by atomic mass is 32.2. The molecule has 8 heteroatoms. The Labute approximate surface area is 129 Å². The lowest BCUT2D eigenvalue weighted by molar-refractivity contribution is 0.483. The van der Waals surface area contributed by atoms with Gasteiger partial charge >= 0.3 is 0 Å². The van der Waals surface area contributed by atoms with Crippen molar-refractivity contribution in [2.24, 2.45) is 0 Å². The molecule has 0 unspecified atom stereocenters. The Morgan fingerprint density at radius 2 is 1.24 bits per heavy atom. The van der Waals surface area contributed by atoms with Crippen LogP contribution in [0.3, 0.4) is 0 Å². The molecule has 0 aromatic rings. The zero-order chi connectivity index (χ0) is 16.2. The second-order valence-corrected chi connectivity index (χ2v) is 8.83. The largest absolute Gasteiger partial charge is 0.286 e. The Hall–Kier alpha value is -0.180. The fraction of sp³-hybridized carbons (Fsp3) is 1.00. The van der Waals surface area contributed by atoms with Gasteiger partial charge in [-0.05, 0) is 6.42 Å². The van der Waals surface area contributed by atoms with Gasteiger partial charge in [-0.2, -0.15) is 8.42 Å². The molecule has 0 rings (SSSR count). The molecule has 0 fully saturated rings. The van der Waals surface area contributed by atoms with Crippen LogP contribution in [-0.4, -0.2) is 39.4 Å². The summed E-state index contributed by atoms with van der Waals surface area (Å²) in [5, 5.41) is 0. The van der Waals surface area contributed by atoms with Gasteiger partial charge in [-0.15, -0.1) is 0 Å². The third kappa shape index (κ3) is 16.0. The number of rotatable bonds is 14. The summed E-state index contributed by atoms with van der Waals surface area (Å²) in [5.41, 5.74) is 0. The lowest BCUT2D eigenvalue weighted by Crippen LogP contribution is -2.30. The van der Waals surface area contributed by atoms with E-state index < -0.39 is 31.6 Å². The molecule has 0 bridgehead atoms. The molecule has 0 aromatic heterocycles. The summed E-state index contributed by atoms with van der Waals surface area (Å²) >= 11 is 0. The van der Waals surface area contributed by atoms with E-state index in [0.717, 1.165) is 19.3 Å². The Morgan fingerprint density at radius 1 is 0.762 bits per heavy atom. The monoisotopic (exact) mass is 343 g/mol. The molecule has 0 aliphatic heterocycles. The smallest absolute Gasteiger partial charge is 0.265 e. The van der Waals surface area contributed by atoms with Crippen molar-refractivity contribution in [3.63, 3.8) is 0 Å². The molecule has 0 saturated carbocycles. The van der Waals surface area contributed by atoms with Gasteiger partial charge in [0, 0.05) is 6.54 Å². The Kier molecular flexibility index (Phi) is 11.3. The SMILES string of the molecule is CCCCCCCCCCCNS(=O)(=O)CCS(=O)(=O)O. The van der Waals surface area contributed by atoms with Crippen molar-refractivity contribution in [3.8, 4) is 0 Å². The third-order valence-corrected chi connectivity index (χ3v) is 5.58. The van der Waals surface area contributed by atoms with Crippen LogP contribution in [0.15, 0.2) is 0 Å². The van der Waals surface area contributed by atoms with Gasteiger partial charge in [0.15, 0.2) is 0 Å². The van der Waals surface area contributed by atoms with Gasteiger partial charge in [0.05, 0.1) is 11.5 Å².